The average molecular weight is 283 g/mol. The molecule has 0 spiro atoms. The van der Waals surface area contributed by atoms with Crippen LogP contribution in [0.15, 0.2) is 42.5 Å². The van der Waals surface area contributed by atoms with E-state index in [9.17, 15) is 9.90 Å². The third kappa shape index (κ3) is 2.76. The topological polar surface area (TPSA) is 58.6 Å². The van der Waals surface area contributed by atoms with Crippen LogP contribution in [0.2, 0.25) is 0 Å². The van der Waals surface area contributed by atoms with Gasteiger partial charge in [0.1, 0.15) is 11.9 Å². The van der Waals surface area contributed by atoms with Crippen LogP contribution in [0.4, 0.5) is 5.69 Å². The van der Waals surface area contributed by atoms with E-state index in [0.29, 0.717) is 12.8 Å². The maximum absolute atomic E-state index is 11.4. The second-order valence-electron chi connectivity index (χ2n) is 5.14. The second-order valence-corrected chi connectivity index (χ2v) is 5.14. The molecule has 2 N–H and O–H groups in total. The average Bonchev–Trinajstić information content (AvgIpc) is 2.53. The van der Waals surface area contributed by atoms with Crippen molar-refractivity contribution in [3.63, 3.8) is 0 Å². The summed E-state index contributed by atoms with van der Waals surface area (Å²) >= 11 is 0. The molecule has 0 saturated heterocycles. The van der Waals surface area contributed by atoms with Crippen molar-refractivity contribution in [1.29, 1.82) is 0 Å². The van der Waals surface area contributed by atoms with Crippen molar-refractivity contribution in [2.24, 2.45) is 0 Å². The summed E-state index contributed by atoms with van der Waals surface area (Å²) in [7, 11) is 1.61. The predicted molar refractivity (Wildman–Crippen MR) is 80.4 cm³/mol. The molecule has 2 aromatic rings. The molecule has 108 valence electrons. The fourth-order valence-electron chi connectivity index (χ4n) is 2.55. The summed E-state index contributed by atoms with van der Waals surface area (Å²) in [6.45, 7) is 0. The third-order valence-corrected chi connectivity index (χ3v) is 3.77. The Morgan fingerprint density at radius 1 is 1.10 bits per heavy atom. The van der Waals surface area contributed by atoms with Gasteiger partial charge in [-0.05, 0) is 41.3 Å². The van der Waals surface area contributed by atoms with E-state index in [1.165, 1.54) is 0 Å². The van der Waals surface area contributed by atoms with Gasteiger partial charge in [-0.15, -0.1) is 0 Å². The molecule has 1 heterocycles. The smallest absolute Gasteiger partial charge is 0.224 e. The Hall–Kier alpha value is -2.33. The maximum Gasteiger partial charge on any atom is 0.224 e. The normalized spacial score (nSPS) is 15.0. The zero-order valence-electron chi connectivity index (χ0n) is 11.8. The quantitative estimate of drug-likeness (QED) is 0.910. The zero-order chi connectivity index (χ0) is 14.8. The van der Waals surface area contributed by atoms with Crippen LogP contribution in [0.5, 0.6) is 5.75 Å². The van der Waals surface area contributed by atoms with E-state index >= 15 is 0 Å². The van der Waals surface area contributed by atoms with Crippen LogP contribution >= 0.6 is 0 Å². The third-order valence-electron chi connectivity index (χ3n) is 3.77. The van der Waals surface area contributed by atoms with Crippen LogP contribution in [0.25, 0.3) is 0 Å². The lowest BCUT2D eigenvalue weighted by Gasteiger charge is -2.19. The Morgan fingerprint density at radius 3 is 2.52 bits per heavy atom. The Labute approximate surface area is 123 Å². The number of aliphatic hydroxyl groups is 1. The molecule has 1 atom stereocenters. The minimum absolute atomic E-state index is 0.0472. The second kappa shape index (κ2) is 5.58. The summed E-state index contributed by atoms with van der Waals surface area (Å²) in [5.41, 5.74) is 3.56. The van der Waals surface area contributed by atoms with Crippen LogP contribution in [0.3, 0.4) is 0 Å². The lowest BCUT2D eigenvalue weighted by molar-refractivity contribution is -0.116. The van der Waals surface area contributed by atoms with Crippen LogP contribution < -0.4 is 10.1 Å². The fraction of sp³-hybridized carbons (Fsp3) is 0.235. The highest BCUT2D eigenvalue weighted by Gasteiger charge is 2.17. The summed E-state index contributed by atoms with van der Waals surface area (Å²) in [5.74, 6) is 0.810. The molecule has 0 aliphatic carbocycles. The Balaban J connectivity index is 1.87. The number of benzene rings is 2. The lowest BCUT2D eigenvalue weighted by atomic mass is 9.95. The molecule has 0 radical (unpaired) electrons. The first-order chi connectivity index (χ1) is 10.2. The van der Waals surface area contributed by atoms with Gasteiger partial charge in [-0.3, -0.25) is 4.79 Å². The van der Waals surface area contributed by atoms with Crippen molar-refractivity contribution in [3.05, 3.63) is 59.2 Å². The summed E-state index contributed by atoms with van der Waals surface area (Å²) in [6.07, 6.45) is 0.526. The van der Waals surface area contributed by atoms with Crippen molar-refractivity contribution in [2.75, 3.05) is 12.4 Å². The highest BCUT2D eigenvalue weighted by atomic mass is 16.5. The number of carbonyl (C=O) groups is 1. The van der Waals surface area contributed by atoms with Gasteiger partial charge in [0.15, 0.2) is 0 Å². The zero-order valence-corrected chi connectivity index (χ0v) is 11.8. The van der Waals surface area contributed by atoms with Gasteiger partial charge in [-0.2, -0.15) is 0 Å². The summed E-state index contributed by atoms with van der Waals surface area (Å²) in [5, 5.41) is 13.3. The van der Waals surface area contributed by atoms with Crippen molar-refractivity contribution in [3.8, 4) is 5.75 Å². The van der Waals surface area contributed by atoms with Crippen LogP contribution in [-0.2, 0) is 11.2 Å². The number of amides is 1. The van der Waals surface area contributed by atoms with Gasteiger partial charge in [-0.25, -0.2) is 0 Å². The molecule has 1 amide bonds. The number of rotatable bonds is 3. The van der Waals surface area contributed by atoms with Crippen molar-refractivity contribution >= 4 is 11.6 Å². The molecule has 0 aromatic heterocycles. The minimum Gasteiger partial charge on any atom is -0.497 e. The number of ether oxygens (including phenoxy) is 1. The first kappa shape index (κ1) is 13.6. The van der Waals surface area contributed by atoms with Crippen LogP contribution in [-0.4, -0.2) is 18.1 Å². The number of carbonyl (C=O) groups excluding carboxylic acids is 1. The molecule has 4 nitrogen and oxygen atoms in total. The van der Waals surface area contributed by atoms with Gasteiger partial charge in [0.25, 0.3) is 0 Å². The molecular formula is C17H17NO3. The van der Waals surface area contributed by atoms with E-state index in [1.54, 1.807) is 7.11 Å². The van der Waals surface area contributed by atoms with Crippen LogP contribution in [0.1, 0.15) is 29.2 Å². The molecule has 1 aliphatic rings. The Morgan fingerprint density at radius 2 is 1.81 bits per heavy atom. The van der Waals surface area contributed by atoms with Crippen LogP contribution in [0, 0.1) is 0 Å². The summed E-state index contributed by atoms with van der Waals surface area (Å²) < 4.78 is 5.12. The molecule has 0 saturated carbocycles. The van der Waals surface area contributed by atoms with E-state index in [1.807, 2.05) is 42.5 Å². The van der Waals surface area contributed by atoms with Gasteiger partial charge in [0.2, 0.25) is 5.91 Å². The maximum atomic E-state index is 11.4. The lowest BCUT2D eigenvalue weighted by Crippen LogP contribution is -2.19. The van der Waals surface area contributed by atoms with E-state index in [0.717, 1.165) is 28.1 Å². The molecular weight excluding hydrogens is 266 g/mol. The van der Waals surface area contributed by atoms with Gasteiger partial charge in [0.05, 0.1) is 7.11 Å². The van der Waals surface area contributed by atoms with Gasteiger partial charge in [0, 0.05) is 12.1 Å². The highest BCUT2D eigenvalue weighted by molar-refractivity contribution is 5.93. The fourth-order valence-corrected chi connectivity index (χ4v) is 2.55. The highest BCUT2D eigenvalue weighted by Crippen LogP contribution is 2.29. The predicted octanol–water partition coefficient (Wildman–Crippen LogP) is 2.66. The number of aliphatic hydroxyl groups excluding tert-OH is 1. The first-order valence-corrected chi connectivity index (χ1v) is 6.92. The SMILES string of the molecule is COc1ccc(C(O)c2ccc3c(c2)CCC(=O)N3)cc1. The standard InChI is InChI=1S/C17H17NO3/c1-21-14-6-2-11(3-7-14)17(20)13-4-8-15-12(10-13)5-9-16(19)18-15/h2-4,6-8,10,17,20H,5,9H2,1H3,(H,18,19). The molecule has 1 aliphatic heterocycles. The van der Waals surface area contributed by atoms with Crippen molar-refractivity contribution in [2.45, 2.75) is 18.9 Å². The van der Waals surface area contributed by atoms with E-state index in [2.05, 4.69) is 5.32 Å². The Kier molecular flexibility index (Phi) is 3.62. The number of hydrogen-bond acceptors (Lipinski definition) is 3. The minimum atomic E-state index is -0.682. The van der Waals surface area contributed by atoms with Gasteiger partial charge >= 0.3 is 0 Å². The van der Waals surface area contributed by atoms with Gasteiger partial charge in [-0.1, -0.05) is 24.3 Å². The molecule has 1 unspecified atom stereocenters. The number of nitrogens with one attached hydrogen (secondary N) is 1. The first-order valence-electron chi connectivity index (χ1n) is 6.92. The van der Waals surface area contributed by atoms with E-state index in [4.69, 9.17) is 4.74 Å². The number of hydrogen-bond donors (Lipinski definition) is 2. The summed E-state index contributed by atoms with van der Waals surface area (Å²) in [6, 6.07) is 13.0. The number of anilines is 1. The largest absolute Gasteiger partial charge is 0.497 e. The van der Waals surface area contributed by atoms with Crippen molar-refractivity contribution in [1.82, 2.24) is 0 Å². The van der Waals surface area contributed by atoms with Gasteiger partial charge < -0.3 is 15.2 Å². The molecule has 0 fully saturated rings. The molecule has 4 heteroatoms. The number of aryl methyl sites for hydroxylation is 1. The number of fused-ring (bicyclic) bond motifs is 1. The molecule has 3 rings (SSSR count). The van der Waals surface area contributed by atoms with Crippen molar-refractivity contribution < 1.29 is 14.6 Å². The molecule has 0 bridgehead atoms. The number of methoxy groups -OCH3 is 1. The Bertz CT molecular complexity index is 664. The molecule has 2 aromatic carbocycles. The molecule has 21 heavy (non-hydrogen) atoms. The van der Waals surface area contributed by atoms with E-state index in [-0.39, 0.29) is 5.91 Å². The monoisotopic (exact) mass is 283 g/mol. The van der Waals surface area contributed by atoms with E-state index < -0.39 is 6.10 Å². The summed E-state index contributed by atoms with van der Waals surface area (Å²) in [4.78, 5) is 11.4.